The molecule has 0 saturated heterocycles. The molecule has 0 bridgehead atoms. The lowest BCUT2D eigenvalue weighted by atomic mass is 10.0. The minimum atomic E-state index is -0.678. The highest BCUT2D eigenvalue weighted by molar-refractivity contribution is 9.10. The van der Waals surface area contributed by atoms with Gasteiger partial charge in [0.1, 0.15) is 11.8 Å². The van der Waals surface area contributed by atoms with Gasteiger partial charge in [-0.05, 0) is 62.6 Å². The molecular weight excluding hydrogens is 504 g/mol. The van der Waals surface area contributed by atoms with Crippen LogP contribution >= 0.6 is 15.9 Å². The van der Waals surface area contributed by atoms with Crippen LogP contribution in [0.4, 0.5) is 0 Å². The van der Waals surface area contributed by atoms with Crippen molar-refractivity contribution in [3.05, 3.63) is 99.5 Å². The van der Waals surface area contributed by atoms with Crippen LogP contribution in [0, 0.1) is 13.8 Å². The molecule has 5 nitrogen and oxygen atoms in total. The summed E-state index contributed by atoms with van der Waals surface area (Å²) in [5.41, 5.74) is 4.07. The van der Waals surface area contributed by atoms with Crippen LogP contribution in [0.3, 0.4) is 0 Å². The lowest BCUT2D eigenvalue weighted by molar-refractivity contribution is -0.143. The van der Waals surface area contributed by atoms with Gasteiger partial charge in [0, 0.05) is 23.5 Å². The second-order valence-electron chi connectivity index (χ2n) is 9.08. The quantitative estimate of drug-likeness (QED) is 0.366. The van der Waals surface area contributed by atoms with E-state index in [-0.39, 0.29) is 24.5 Å². The summed E-state index contributed by atoms with van der Waals surface area (Å²) in [6, 6.07) is 22.7. The van der Waals surface area contributed by atoms with Crippen LogP contribution < -0.4 is 10.1 Å². The summed E-state index contributed by atoms with van der Waals surface area (Å²) in [6.45, 7) is 7.97. The van der Waals surface area contributed by atoms with E-state index >= 15 is 0 Å². The molecule has 0 heterocycles. The summed E-state index contributed by atoms with van der Waals surface area (Å²) in [6.07, 6.45) is 0.411. The van der Waals surface area contributed by atoms with Crippen molar-refractivity contribution in [1.29, 1.82) is 0 Å². The third kappa shape index (κ3) is 7.96. The molecule has 3 rings (SSSR count). The fourth-order valence-electron chi connectivity index (χ4n) is 3.88. The smallest absolute Gasteiger partial charge is 0.261 e. The molecule has 0 aliphatic rings. The van der Waals surface area contributed by atoms with E-state index in [9.17, 15) is 9.59 Å². The van der Waals surface area contributed by atoms with E-state index in [1.54, 1.807) is 4.90 Å². The van der Waals surface area contributed by atoms with Crippen LogP contribution in [0.25, 0.3) is 0 Å². The average Bonchev–Trinajstić information content (AvgIpc) is 2.82. The number of nitrogens with zero attached hydrogens (tertiary/aromatic N) is 1. The largest absolute Gasteiger partial charge is 0.484 e. The molecule has 0 aliphatic carbocycles. The van der Waals surface area contributed by atoms with Crippen LogP contribution in [0.2, 0.25) is 0 Å². The Bertz CT molecular complexity index is 1150. The number of ether oxygens (including phenoxy) is 1. The molecule has 1 atom stereocenters. The Kier molecular flexibility index (Phi) is 9.49. The molecule has 35 heavy (non-hydrogen) atoms. The van der Waals surface area contributed by atoms with Gasteiger partial charge in [-0.2, -0.15) is 0 Å². The van der Waals surface area contributed by atoms with Crippen LogP contribution in [0.5, 0.6) is 5.75 Å². The Morgan fingerprint density at radius 1 is 0.943 bits per heavy atom. The molecule has 0 radical (unpaired) electrons. The van der Waals surface area contributed by atoms with Gasteiger partial charge in [0.25, 0.3) is 5.91 Å². The molecule has 1 N–H and O–H groups in total. The highest BCUT2D eigenvalue weighted by Crippen LogP contribution is 2.22. The molecule has 0 saturated carbocycles. The van der Waals surface area contributed by atoms with E-state index in [1.165, 1.54) is 0 Å². The molecule has 184 valence electrons. The summed E-state index contributed by atoms with van der Waals surface area (Å²) < 4.78 is 6.84. The first-order valence-electron chi connectivity index (χ1n) is 11.8. The Hall–Kier alpha value is -3.12. The number of nitrogens with one attached hydrogen (secondary N) is 1. The molecule has 6 heteroatoms. The number of hydrogen-bond acceptors (Lipinski definition) is 3. The van der Waals surface area contributed by atoms with Gasteiger partial charge in [0.15, 0.2) is 6.61 Å². The number of hydrogen-bond donors (Lipinski definition) is 1. The second-order valence-corrected chi connectivity index (χ2v) is 9.93. The van der Waals surface area contributed by atoms with E-state index in [0.29, 0.717) is 18.7 Å². The summed E-state index contributed by atoms with van der Waals surface area (Å²) in [4.78, 5) is 28.6. The van der Waals surface area contributed by atoms with E-state index < -0.39 is 6.04 Å². The van der Waals surface area contributed by atoms with Gasteiger partial charge < -0.3 is 15.0 Å². The Morgan fingerprint density at radius 3 is 2.31 bits per heavy atom. The van der Waals surface area contributed by atoms with Crippen molar-refractivity contribution in [3.63, 3.8) is 0 Å². The zero-order chi connectivity index (χ0) is 25.4. The molecule has 3 aromatic carbocycles. The summed E-state index contributed by atoms with van der Waals surface area (Å²) in [5, 5.41) is 3.00. The summed E-state index contributed by atoms with van der Waals surface area (Å²) in [7, 11) is 0. The molecule has 2 amide bonds. The maximum absolute atomic E-state index is 13.6. The van der Waals surface area contributed by atoms with Crippen molar-refractivity contribution >= 4 is 27.7 Å². The van der Waals surface area contributed by atoms with Gasteiger partial charge in [0.2, 0.25) is 5.91 Å². The molecule has 0 aromatic heterocycles. The van der Waals surface area contributed by atoms with Crippen molar-refractivity contribution in [2.45, 2.75) is 52.7 Å². The lowest BCUT2D eigenvalue weighted by Gasteiger charge is -2.32. The number of amides is 2. The third-order valence-electron chi connectivity index (χ3n) is 5.63. The van der Waals surface area contributed by atoms with E-state index in [2.05, 4.69) is 21.2 Å². The van der Waals surface area contributed by atoms with Crippen LogP contribution in [0.15, 0.2) is 77.3 Å². The molecule has 0 spiro atoms. The minimum absolute atomic E-state index is 0.0429. The van der Waals surface area contributed by atoms with Crippen LogP contribution in [0.1, 0.15) is 36.1 Å². The predicted molar refractivity (Wildman–Crippen MR) is 143 cm³/mol. The zero-order valence-electron chi connectivity index (χ0n) is 20.8. The Morgan fingerprint density at radius 2 is 1.66 bits per heavy atom. The first-order chi connectivity index (χ1) is 16.7. The summed E-state index contributed by atoms with van der Waals surface area (Å²) in [5.74, 6) is 0.192. The Balaban J connectivity index is 1.91. The van der Waals surface area contributed by atoms with E-state index in [4.69, 9.17) is 4.74 Å². The highest BCUT2D eigenvalue weighted by atomic mass is 79.9. The van der Waals surface area contributed by atoms with Crippen molar-refractivity contribution < 1.29 is 14.3 Å². The van der Waals surface area contributed by atoms with Gasteiger partial charge in [-0.25, -0.2) is 0 Å². The van der Waals surface area contributed by atoms with Gasteiger partial charge in [0.05, 0.1) is 0 Å². The van der Waals surface area contributed by atoms with Crippen molar-refractivity contribution in [3.8, 4) is 5.75 Å². The average molecular weight is 537 g/mol. The number of carbonyl (C=O) groups is 2. The lowest BCUT2D eigenvalue weighted by Crippen LogP contribution is -2.52. The maximum Gasteiger partial charge on any atom is 0.261 e. The van der Waals surface area contributed by atoms with Gasteiger partial charge >= 0.3 is 0 Å². The minimum Gasteiger partial charge on any atom is -0.484 e. The van der Waals surface area contributed by atoms with Crippen LogP contribution in [-0.4, -0.2) is 35.4 Å². The molecule has 0 fully saturated rings. The fourth-order valence-corrected chi connectivity index (χ4v) is 4.12. The zero-order valence-corrected chi connectivity index (χ0v) is 22.3. The first kappa shape index (κ1) is 26.5. The normalized spacial score (nSPS) is 11.7. The van der Waals surface area contributed by atoms with E-state index in [1.807, 2.05) is 100 Å². The predicted octanol–water partition coefficient (Wildman–Crippen LogP) is 5.61. The number of aryl methyl sites for hydroxylation is 2. The van der Waals surface area contributed by atoms with Gasteiger partial charge in [-0.1, -0.05) is 76.1 Å². The molecule has 3 aromatic rings. The molecule has 0 aliphatic heterocycles. The third-order valence-corrected chi connectivity index (χ3v) is 6.52. The fraction of sp³-hybridized carbons (Fsp3) is 0.310. The first-order valence-corrected chi connectivity index (χ1v) is 12.6. The monoisotopic (exact) mass is 536 g/mol. The maximum atomic E-state index is 13.6. The standard InChI is InChI=1S/C29H33BrN2O3/c1-20(2)31-29(34)27(17-23-10-6-5-7-11-23)32(18-24-12-8-9-21(3)15-24)28(33)19-35-25-13-14-26(30)22(4)16-25/h5-16,20,27H,17-19H2,1-4H3,(H,31,34). The topological polar surface area (TPSA) is 58.6 Å². The van der Waals surface area contributed by atoms with Crippen molar-refractivity contribution in [1.82, 2.24) is 10.2 Å². The number of rotatable bonds is 10. The number of halogens is 1. The van der Waals surface area contributed by atoms with E-state index in [0.717, 1.165) is 26.7 Å². The van der Waals surface area contributed by atoms with Crippen molar-refractivity contribution in [2.75, 3.05) is 6.61 Å². The molecule has 1 unspecified atom stereocenters. The van der Waals surface area contributed by atoms with Gasteiger partial charge in [-0.15, -0.1) is 0 Å². The van der Waals surface area contributed by atoms with Crippen LogP contribution in [-0.2, 0) is 22.6 Å². The van der Waals surface area contributed by atoms with Gasteiger partial charge in [-0.3, -0.25) is 9.59 Å². The second kappa shape index (κ2) is 12.5. The number of carbonyl (C=O) groups excluding carboxylic acids is 2. The summed E-state index contributed by atoms with van der Waals surface area (Å²) >= 11 is 3.49. The number of benzene rings is 3. The SMILES string of the molecule is Cc1cccc(CN(C(=O)COc2ccc(Br)c(C)c2)C(Cc2ccccc2)C(=O)NC(C)C)c1. The van der Waals surface area contributed by atoms with Crippen molar-refractivity contribution in [2.24, 2.45) is 0 Å². The molecular formula is C29H33BrN2O3. The highest BCUT2D eigenvalue weighted by Gasteiger charge is 2.31. The Labute approximate surface area is 216 Å².